The monoisotopic (exact) mass is 202 g/mol. The van der Waals surface area contributed by atoms with Crippen molar-refractivity contribution in [1.29, 1.82) is 0 Å². The summed E-state index contributed by atoms with van der Waals surface area (Å²) < 4.78 is 21.9. The van der Waals surface area contributed by atoms with E-state index in [1.165, 1.54) is 6.26 Å². The van der Waals surface area contributed by atoms with E-state index in [1.54, 1.807) is 24.3 Å². The van der Waals surface area contributed by atoms with E-state index in [-0.39, 0.29) is 5.75 Å². The number of nitrogens with two attached hydrogens (primary N) is 1. The Morgan fingerprint density at radius 3 is 2.69 bits per heavy atom. The number of benzene rings is 1. The average molecular weight is 202 g/mol. The lowest BCUT2D eigenvalue weighted by Crippen LogP contribution is -2.73. The SMILES string of the molecule is CS(=O)(=O)Cc1cccc([NH2+]O)c1. The van der Waals surface area contributed by atoms with E-state index in [2.05, 4.69) is 0 Å². The highest BCUT2D eigenvalue weighted by atomic mass is 32.2. The molecular formula is C8H12NO3S+. The second kappa shape index (κ2) is 3.87. The molecule has 0 bridgehead atoms. The summed E-state index contributed by atoms with van der Waals surface area (Å²) in [7, 11) is -3.00. The fourth-order valence-electron chi connectivity index (χ4n) is 1.07. The van der Waals surface area contributed by atoms with Crippen molar-refractivity contribution in [3.63, 3.8) is 0 Å². The average Bonchev–Trinajstić information content (AvgIpc) is 2.01. The van der Waals surface area contributed by atoms with Crippen LogP contribution in [0.25, 0.3) is 0 Å². The van der Waals surface area contributed by atoms with Crippen molar-refractivity contribution < 1.29 is 19.1 Å². The van der Waals surface area contributed by atoms with Crippen LogP contribution in [0.2, 0.25) is 0 Å². The van der Waals surface area contributed by atoms with Gasteiger partial charge in [0.15, 0.2) is 15.5 Å². The Morgan fingerprint density at radius 2 is 2.15 bits per heavy atom. The number of hydrogen-bond acceptors (Lipinski definition) is 3. The van der Waals surface area contributed by atoms with Gasteiger partial charge in [-0.3, -0.25) is 0 Å². The molecule has 0 unspecified atom stereocenters. The molecule has 0 amide bonds. The van der Waals surface area contributed by atoms with Gasteiger partial charge in [0.05, 0.1) is 5.75 Å². The molecule has 0 atom stereocenters. The third-order valence-corrected chi connectivity index (χ3v) is 2.39. The van der Waals surface area contributed by atoms with E-state index < -0.39 is 9.84 Å². The Kier molecular flexibility index (Phi) is 3.02. The molecule has 4 nitrogen and oxygen atoms in total. The predicted octanol–water partition coefficient (Wildman–Crippen LogP) is -0.185. The number of rotatable bonds is 3. The molecule has 1 aromatic rings. The molecule has 0 aliphatic rings. The van der Waals surface area contributed by atoms with Crippen molar-refractivity contribution in [3.05, 3.63) is 29.8 Å². The molecule has 13 heavy (non-hydrogen) atoms. The third kappa shape index (κ3) is 3.54. The maximum Gasteiger partial charge on any atom is 0.162 e. The van der Waals surface area contributed by atoms with E-state index in [4.69, 9.17) is 5.21 Å². The first-order valence-electron chi connectivity index (χ1n) is 3.75. The van der Waals surface area contributed by atoms with E-state index in [0.717, 1.165) is 5.48 Å². The number of quaternary nitrogens is 1. The molecule has 0 aliphatic carbocycles. The maximum absolute atomic E-state index is 10.9. The van der Waals surface area contributed by atoms with Crippen molar-refractivity contribution in [2.45, 2.75) is 5.75 Å². The van der Waals surface area contributed by atoms with Crippen LogP contribution in [0, 0.1) is 0 Å². The minimum Gasteiger partial charge on any atom is -0.229 e. The zero-order valence-electron chi connectivity index (χ0n) is 7.27. The smallest absolute Gasteiger partial charge is 0.162 e. The molecule has 0 aliphatic heterocycles. The molecule has 3 N–H and O–H groups in total. The highest BCUT2D eigenvalue weighted by molar-refractivity contribution is 7.89. The van der Waals surface area contributed by atoms with Crippen molar-refractivity contribution in [1.82, 2.24) is 0 Å². The van der Waals surface area contributed by atoms with Gasteiger partial charge in [-0.25, -0.2) is 13.6 Å². The van der Waals surface area contributed by atoms with Crippen LogP contribution in [-0.4, -0.2) is 19.9 Å². The van der Waals surface area contributed by atoms with Crippen LogP contribution in [-0.2, 0) is 15.6 Å². The third-order valence-electron chi connectivity index (χ3n) is 1.53. The molecular weight excluding hydrogens is 190 g/mol. The quantitative estimate of drug-likeness (QED) is 0.527. The van der Waals surface area contributed by atoms with E-state index in [0.29, 0.717) is 11.3 Å². The highest BCUT2D eigenvalue weighted by Gasteiger charge is 2.05. The van der Waals surface area contributed by atoms with Gasteiger partial charge in [0.1, 0.15) is 0 Å². The first-order valence-corrected chi connectivity index (χ1v) is 5.81. The van der Waals surface area contributed by atoms with Gasteiger partial charge < -0.3 is 0 Å². The first kappa shape index (κ1) is 10.2. The van der Waals surface area contributed by atoms with Crippen molar-refractivity contribution in [2.24, 2.45) is 0 Å². The van der Waals surface area contributed by atoms with Gasteiger partial charge >= 0.3 is 0 Å². The van der Waals surface area contributed by atoms with E-state index in [1.807, 2.05) is 0 Å². The summed E-state index contributed by atoms with van der Waals surface area (Å²) in [6, 6.07) is 6.77. The Hall–Kier alpha value is -0.910. The summed E-state index contributed by atoms with van der Waals surface area (Å²) in [5, 5.41) is 8.69. The van der Waals surface area contributed by atoms with Gasteiger partial charge in [-0.05, 0) is 5.56 Å². The lowest BCUT2D eigenvalue weighted by molar-refractivity contribution is -0.825. The maximum atomic E-state index is 10.9. The fraction of sp³-hybridized carbons (Fsp3) is 0.250. The van der Waals surface area contributed by atoms with Crippen LogP contribution in [0.1, 0.15) is 5.56 Å². The molecule has 0 spiro atoms. The molecule has 0 fully saturated rings. The summed E-state index contributed by atoms with van der Waals surface area (Å²) >= 11 is 0. The first-order chi connectivity index (χ1) is 6.01. The van der Waals surface area contributed by atoms with Crippen molar-refractivity contribution in [2.75, 3.05) is 6.26 Å². The standard InChI is InChI=1S/C8H11NO3S/c1-13(11,12)6-7-3-2-4-8(5-7)9-10/h2-5,9-10H,6H2,1H3/p+1. The Labute approximate surface area is 77.1 Å². The van der Waals surface area contributed by atoms with Crippen LogP contribution < -0.4 is 5.48 Å². The zero-order valence-corrected chi connectivity index (χ0v) is 8.08. The van der Waals surface area contributed by atoms with Crippen molar-refractivity contribution >= 4 is 15.5 Å². The molecule has 0 saturated heterocycles. The van der Waals surface area contributed by atoms with E-state index >= 15 is 0 Å². The lowest BCUT2D eigenvalue weighted by Gasteiger charge is -1.99. The molecule has 0 heterocycles. The summed E-state index contributed by atoms with van der Waals surface area (Å²) in [5.74, 6) is 0.00861. The molecule has 0 saturated carbocycles. The molecule has 5 heteroatoms. The van der Waals surface area contributed by atoms with Gasteiger partial charge in [0.25, 0.3) is 0 Å². The molecule has 1 aromatic carbocycles. The zero-order chi connectivity index (χ0) is 9.90. The molecule has 0 aromatic heterocycles. The van der Waals surface area contributed by atoms with Crippen LogP contribution in [0.15, 0.2) is 24.3 Å². The van der Waals surface area contributed by atoms with Gasteiger partial charge in [-0.2, -0.15) is 5.48 Å². The molecule has 1 rings (SSSR count). The van der Waals surface area contributed by atoms with Gasteiger partial charge in [-0.15, -0.1) is 0 Å². The predicted molar refractivity (Wildman–Crippen MR) is 48.4 cm³/mol. The Morgan fingerprint density at radius 1 is 1.46 bits per heavy atom. The molecule has 0 radical (unpaired) electrons. The minimum atomic E-state index is -3.00. The van der Waals surface area contributed by atoms with Gasteiger partial charge in [-0.1, -0.05) is 12.1 Å². The summed E-state index contributed by atoms with van der Waals surface area (Å²) in [4.78, 5) is 0. The highest BCUT2D eigenvalue weighted by Crippen LogP contribution is 2.08. The van der Waals surface area contributed by atoms with Gasteiger partial charge in [0, 0.05) is 18.4 Å². The Balaban J connectivity index is 2.90. The van der Waals surface area contributed by atoms with Crippen molar-refractivity contribution in [3.8, 4) is 0 Å². The summed E-state index contributed by atoms with van der Waals surface area (Å²) in [6.45, 7) is 0. The Bertz CT molecular complexity index is 386. The van der Waals surface area contributed by atoms with Crippen LogP contribution in [0.3, 0.4) is 0 Å². The second-order valence-electron chi connectivity index (χ2n) is 2.94. The summed E-state index contributed by atoms with van der Waals surface area (Å²) in [5.41, 5.74) is 2.25. The van der Waals surface area contributed by atoms with Crippen LogP contribution in [0.5, 0.6) is 0 Å². The largest absolute Gasteiger partial charge is 0.229 e. The topological polar surface area (TPSA) is 71.0 Å². The van der Waals surface area contributed by atoms with Gasteiger partial charge in [0.2, 0.25) is 0 Å². The fourth-order valence-corrected chi connectivity index (χ4v) is 1.85. The molecule has 72 valence electrons. The minimum absolute atomic E-state index is 0.00861. The number of hydrogen-bond donors (Lipinski definition) is 2. The van der Waals surface area contributed by atoms with Crippen LogP contribution >= 0.6 is 0 Å². The normalized spacial score (nSPS) is 11.5. The lowest BCUT2D eigenvalue weighted by atomic mass is 10.2. The summed E-state index contributed by atoms with van der Waals surface area (Å²) in [6.07, 6.45) is 1.18. The van der Waals surface area contributed by atoms with E-state index in [9.17, 15) is 8.42 Å². The van der Waals surface area contributed by atoms with Crippen LogP contribution in [0.4, 0.5) is 5.69 Å². The second-order valence-corrected chi connectivity index (χ2v) is 5.08. The number of sulfone groups is 1.